The molecule has 0 saturated heterocycles. The summed E-state index contributed by atoms with van der Waals surface area (Å²) in [5, 5.41) is 9.24. The van der Waals surface area contributed by atoms with Gasteiger partial charge in [-0.05, 0) is 23.3 Å². The van der Waals surface area contributed by atoms with Crippen molar-refractivity contribution in [1.29, 1.82) is 0 Å². The van der Waals surface area contributed by atoms with E-state index in [1.165, 1.54) is 24.3 Å². The number of primary amides is 1. The topological polar surface area (TPSA) is 89.6 Å². The minimum absolute atomic E-state index is 0.0413. The molecule has 0 spiro atoms. The molecule has 3 N–H and O–H groups in total. The van der Waals surface area contributed by atoms with Crippen LogP contribution in [-0.4, -0.2) is 17.0 Å². The highest BCUT2D eigenvalue weighted by Gasteiger charge is 2.28. The van der Waals surface area contributed by atoms with Crippen LogP contribution in [0.4, 0.5) is 0 Å². The van der Waals surface area contributed by atoms with Crippen molar-refractivity contribution < 1.29 is 19.4 Å². The molecule has 1 atom stereocenters. The molecule has 0 aromatic heterocycles. The van der Waals surface area contributed by atoms with Crippen LogP contribution in [0.15, 0.2) is 54.6 Å². The molecule has 1 unspecified atom stereocenters. The zero-order valence-electron chi connectivity index (χ0n) is 11.2. The molecule has 0 radical (unpaired) electrons. The van der Waals surface area contributed by atoms with Crippen molar-refractivity contribution >= 4 is 11.9 Å². The summed E-state index contributed by atoms with van der Waals surface area (Å²) < 4.78 is 5.13. The zero-order valence-corrected chi connectivity index (χ0v) is 11.2. The van der Waals surface area contributed by atoms with Crippen molar-refractivity contribution in [1.82, 2.24) is 0 Å². The summed E-state index contributed by atoms with van der Waals surface area (Å²) in [4.78, 5) is 23.6. The molecule has 0 aliphatic heterocycles. The number of hydrogen-bond acceptors (Lipinski definition) is 4. The summed E-state index contributed by atoms with van der Waals surface area (Å²) in [6, 6.07) is 14.8. The van der Waals surface area contributed by atoms with Gasteiger partial charge in [-0.15, -0.1) is 0 Å². The quantitative estimate of drug-likeness (QED) is 0.646. The molecule has 1 amide bonds. The van der Waals surface area contributed by atoms with E-state index in [0.29, 0.717) is 5.56 Å². The van der Waals surface area contributed by atoms with Gasteiger partial charge in [-0.1, -0.05) is 42.5 Å². The van der Waals surface area contributed by atoms with E-state index in [-0.39, 0.29) is 12.4 Å². The first-order valence-electron chi connectivity index (χ1n) is 6.36. The van der Waals surface area contributed by atoms with Gasteiger partial charge in [-0.3, -0.25) is 9.59 Å². The van der Waals surface area contributed by atoms with Gasteiger partial charge >= 0.3 is 5.97 Å². The van der Waals surface area contributed by atoms with E-state index in [1.54, 1.807) is 0 Å². The molecule has 5 heteroatoms. The molecule has 108 valence electrons. The summed E-state index contributed by atoms with van der Waals surface area (Å²) in [7, 11) is 0. The SMILES string of the molecule is NC(=O)C(C(=O)OCc1ccccc1)c1ccc(O)cc1. The van der Waals surface area contributed by atoms with E-state index < -0.39 is 17.8 Å². The number of phenols is 1. The molecule has 0 bridgehead atoms. The highest BCUT2D eigenvalue weighted by Crippen LogP contribution is 2.20. The number of carbonyl (C=O) groups is 2. The Morgan fingerprint density at radius 1 is 1.05 bits per heavy atom. The van der Waals surface area contributed by atoms with Gasteiger partial charge < -0.3 is 15.6 Å². The van der Waals surface area contributed by atoms with Crippen LogP contribution in [0.5, 0.6) is 5.75 Å². The van der Waals surface area contributed by atoms with Gasteiger partial charge in [0.2, 0.25) is 5.91 Å². The lowest BCUT2D eigenvalue weighted by Crippen LogP contribution is -2.29. The number of carbonyl (C=O) groups excluding carboxylic acids is 2. The molecule has 2 rings (SSSR count). The first-order chi connectivity index (χ1) is 10.1. The van der Waals surface area contributed by atoms with Crippen LogP contribution in [-0.2, 0) is 20.9 Å². The minimum Gasteiger partial charge on any atom is -0.508 e. The lowest BCUT2D eigenvalue weighted by atomic mass is 9.98. The van der Waals surface area contributed by atoms with Gasteiger partial charge in [-0.25, -0.2) is 0 Å². The third-order valence-corrected chi connectivity index (χ3v) is 2.97. The summed E-state index contributed by atoms with van der Waals surface area (Å²) in [5.74, 6) is -2.65. The number of nitrogens with two attached hydrogens (primary N) is 1. The summed E-state index contributed by atoms with van der Waals surface area (Å²) in [5.41, 5.74) is 6.48. The van der Waals surface area contributed by atoms with Crippen LogP contribution in [0.1, 0.15) is 17.0 Å². The van der Waals surface area contributed by atoms with Crippen LogP contribution in [0.3, 0.4) is 0 Å². The van der Waals surface area contributed by atoms with Crippen molar-refractivity contribution in [2.45, 2.75) is 12.5 Å². The predicted molar refractivity (Wildman–Crippen MR) is 76.3 cm³/mol. The maximum absolute atomic E-state index is 12.1. The van der Waals surface area contributed by atoms with E-state index >= 15 is 0 Å². The summed E-state index contributed by atoms with van der Waals surface area (Å²) >= 11 is 0. The average molecular weight is 285 g/mol. The number of amides is 1. The Kier molecular flexibility index (Phi) is 4.56. The number of aromatic hydroxyl groups is 1. The summed E-state index contributed by atoms with van der Waals surface area (Å²) in [6.45, 7) is 0.0710. The molecule has 0 saturated carbocycles. The molecular weight excluding hydrogens is 270 g/mol. The minimum atomic E-state index is -1.19. The van der Waals surface area contributed by atoms with Crippen molar-refractivity contribution in [3.05, 3.63) is 65.7 Å². The third kappa shape index (κ3) is 3.82. The van der Waals surface area contributed by atoms with E-state index in [0.717, 1.165) is 5.56 Å². The van der Waals surface area contributed by atoms with Gasteiger partial charge in [0.1, 0.15) is 12.4 Å². The van der Waals surface area contributed by atoms with E-state index in [1.807, 2.05) is 30.3 Å². The standard InChI is InChI=1S/C16H15NO4/c17-15(19)14(12-6-8-13(18)9-7-12)16(20)21-10-11-4-2-1-3-5-11/h1-9,14,18H,10H2,(H2,17,19). The highest BCUT2D eigenvalue weighted by molar-refractivity contribution is 6.02. The van der Waals surface area contributed by atoms with Crippen LogP contribution < -0.4 is 5.73 Å². The van der Waals surface area contributed by atoms with E-state index in [2.05, 4.69) is 0 Å². The maximum atomic E-state index is 12.1. The van der Waals surface area contributed by atoms with Crippen LogP contribution in [0.25, 0.3) is 0 Å². The molecule has 0 heterocycles. The Labute approximate surface area is 122 Å². The Hall–Kier alpha value is -2.82. The number of ether oxygens (including phenoxy) is 1. The maximum Gasteiger partial charge on any atom is 0.323 e. The molecule has 21 heavy (non-hydrogen) atoms. The predicted octanol–water partition coefficient (Wildman–Crippen LogP) is 1.70. The fourth-order valence-corrected chi connectivity index (χ4v) is 1.90. The molecule has 0 aliphatic rings. The van der Waals surface area contributed by atoms with Gasteiger partial charge in [0.25, 0.3) is 0 Å². The monoisotopic (exact) mass is 285 g/mol. The normalized spacial score (nSPS) is 11.6. The van der Waals surface area contributed by atoms with Crippen molar-refractivity contribution in [3.8, 4) is 5.75 Å². The average Bonchev–Trinajstić information content (AvgIpc) is 2.48. The second-order valence-corrected chi connectivity index (χ2v) is 4.52. The number of esters is 1. The third-order valence-electron chi connectivity index (χ3n) is 2.97. The van der Waals surface area contributed by atoms with Gasteiger partial charge in [0, 0.05) is 0 Å². The Morgan fingerprint density at radius 3 is 2.24 bits per heavy atom. The number of benzene rings is 2. The molecule has 0 fully saturated rings. The molecular formula is C16H15NO4. The first-order valence-corrected chi connectivity index (χ1v) is 6.36. The second-order valence-electron chi connectivity index (χ2n) is 4.52. The number of rotatable bonds is 5. The van der Waals surface area contributed by atoms with Gasteiger partial charge in [0.15, 0.2) is 5.92 Å². The van der Waals surface area contributed by atoms with Crippen molar-refractivity contribution in [2.75, 3.05) is 0 Å². The first kappa shape index (κ1) is 14.6. The van der Waals surface area contributed by atoms with Gasteiger partial charge in [0.05, 0.1) is 0 Å². The zero-order chi connectivity index (χ0) is 15.2. The van der Waals surface area contributed by atoms with Crippen molar-refractivity contribution in [2.24, 2.45) is 5.73 Å². The lowest BCUT2D eigenvalue weighted by Gasteiger charge is -2.13. The molecule has 5 nitrogen and oxygen atoms in total. The lowest BCUT2D eigenvalue weighted by molar-refractivity contribution is -0.149. The highest BCUT2D eigenvalue weighted by atomic mass is 16.5. The molecule has 0 aliphatic carbocycles. The largest absolute Gasteiger partial charge is 0.508 e. The second kappa shape index (κ2) is 6.56. The molecule has 2 aromatic carbocycles. The smallest absolute Gasteiger partial charge is 0.323 e. The fraction of sp³-hybridized carbons (Fsp3) is 0.125. The number of phenolic OH excluding ortho intramolecular Hbond substituents is 1. The Bertz CT molecular complexity index is 622. The Balaban J connectivity index is 2.09. The van der Waals surface area contributed by atoms with Crippen LogP contribution in [0.2, 0.25) is 0 Å². The van der Waals surface area contributed by atoms with Crippen LogP contribution in [0, 0.1) is 0 Å². The summed E-state index contributed by atoms with van der Waals surface area (Å²) in [6.07, 6.45) is 0. The van der Waals surface area contributed by atoms with Crippen molar-refractivity contribution in [3.63, 3.8) is 0 Å². The van der Waals surface area contributed by atoms with E-state index in [4.69, 9.17) is 10.5 Å². The van der Waals surface area contributed by atoms with Crippen LogP contribution >= 0.6 is 0 Å². The number of hydrogen-bond donors (Lipinski definition) is 2. The fourth-order valence-electron chi connectivity index (χ4n) is 1.90. The Morgan fingerprint density at radius 2 is 1.67 bits per heavy atom. The van der Waals surface area contributed by atoms with E-state index in [9.17, 15) is 14.7 Å². The molecule has 2 aromatic rings. The van der Waals surface area contributed by atoms with Gasteiger partial charge in [-0.2, -0.15) is 0 Å².